The summed E-state index contributed by atoms with van der Waals surface area (Å²) in [4.78, 5) is 6.42. The highest BCUT2D eigenvalue weighted by atomic mass is 16.5. The average Bonchev–Trinajstić information content (AvgIpc) is 2.38. The molecule has 0 aliphatic heterocycles. The van der Waals surface area contributed by atoms with Crippen LogP contribution in [0.2, 0.25) is 0 Å². The van der Waals surface area contributed by atoms with Crippen molar-refractivity contribution in [2.75, 3.05) is 50.2 Å². The normalized spacial score (nSPS) is 10.6. The van der Waals surface area contributed by atoms with E-state index in [1.807, 2.05) is 26.0 Å². The van der Waals surface area contributed by atoms with Crippen molar-refractivity contribution in [1.82, 2.24) is 4.98 Å². The van der Waals surface area contributed by atoms with Gasteiger partial charge in [-0.1, -0.05) is 0 Å². The molecule has 0 aliphatic rings. The summed E-state index contributed by atoms with van der Waals surface area (Å²) in [6, 6.07) is 3.69. The van der Waals surface area contributed by atoms with Crippen LogP contribution in [0.4, 0.5) is 11.5 Å². The van der Waals surface area contributed by atoms with E-state index in [0.29, 0.717) is 18.9 Å². The molecule has 1 rings (SSSR count). The molecule has 2 N–H and O–H groups in total. The van der Waals surface area contributed by atoms with Crippen LogP contribution in [0.25, 0.3) is 0 Å². The summed E-state index contributed by atoms with van der Waals surface area (Å²) < 4.78 is 10.8. The number of ether oxygens (including phenoxy) is 2. The monoisotopic (exact) mass is 253 g/mol. The Morgan fingerprint density at radius 1 is 1.17 bits per heavy atom. The number of hydrogen-bond acceptors (Lipinski definition) is 5. The van der Waals surface area contributed by atoms with Crippen LogP contribution in [0.5, 0.6) is 0 Å². The summed E-state index contributed by atoms with van der Waals surface area (Å²) in [6.45, 7) is 8.27. The van der Waals surface area contributed by atoms with E-state index in [1.165, 1.54) is 0 Å². The number of nitrogens with two attached hydrogens (primary N) is 1. The Labute approximate surface area is 109 Å². The zero-order valence-electron chi connectivity index (χ0n) is 11.3. The van der Waals surface area contributed by atoms with Crippen molar-refractivity contribution in [2.45, 2.75) is 13.8 Å². The Kier molecular flexibility index (Phi) is 7.13. The van der Waals surface area contributed by atoms with Crippen LogP contribution in [0.1, 0.15) is 13.8 Å². The molecule has 0 saturated heterocycles. The lowest BCUT2D eigenvalue weighted by atomic mass is 10.3. The minimum atomic E-state index is 0.665. The van der Waals surface area contributed by atoms with Gasteiger partial charge in [0.1, 0.15) is 0 Å². The van der Waals surface area contributed by atoms with Gasteiger partial charge < -0.3 is 20.1 Å². The van der Waals surface area contributed by atoms with E-state index in [-0.39, 0.29) is 0 Å². The number of nitrogen functional groups attached to an aromatic ring is 1. The van der Waals surface area contributed by atoms with Crippen molar-refractivity contribution in [3.8, 4) is 0 Å². The van der Waals surface area contributed by atoms with Crippen molar-refractivity contribution < 1.29 is 9.47 Å². The number of anilines is 2. The standard InChI is InChI=1S/C13H23N3O2/c1-3-17-10-8-16(9-11-18-4-2)13-12(14)6-5-7-15-13/h5-7H,3-4,8-11,14H2,1-2H3. The Balaban J connectivity index is 2.60. The largest absolute Gasteiger partial charge is 0.396 e. The topological polar surface area (TPSA) is 60.6 Å². The average molecular weight is 253 g/mol. The zero-order chi connectivity index (χ0) is 13.2. The fourth-order valence-corrected chi connectivity index (χ4v) is 1.64. The lowest BCUT2D eigenvalue weighted by molar-refractivity contribution is 0.141. The molecule has 0 radical (unpaired) electrons. The first-order chi connectivity index (χ1) is 8.79. The molecule has 18 heavy (non-hydrogen) atoms. The van der Waals surface area contributed by atoms with Crippen molar-refractivity contribution in [3.63, 3.8) is 0 Å². The molecule has 0 bridgehead atoms. The van der Waals surface area contributed by atoms with Gasteiger partial charge in [-0.25, -0.2) is 4.98 Å². The fraction of sp³-hybridized carbons (Fsp3) is 0.615. The summed E-state index contributed by atoms with van der Waals surface area (Å²) in [5, 5.41) is 0. The molecule has 1 heterocycles. The summed E-state index contributed by atoms with van der Waals surface area (Å²) in [6.07, 6.45) is 1.75. The van der Waals surface area contributed by atoms with Gasteiger partial charge in [0.25, 0.3) is 0 Å². The van der Waals surface area contributed by atoms with Crippen LogP contribution in [0.15, 0.2) is 18.3 Å². The van der Waals surface area contributed by atoms with E-state index >= 15 is 0 Å². The highest BCUT2D eigenvalue weighted by Gasteiger charge is 2.10. The number of aromatic nitrogens is 1. The number of nitrogens with zero attached hydrogens (tertiary/aromatic N) is 2. The fourth-order valence-electron chi connectivity index (χ4n) is 1.64. The lowest BCUT2D eigenvalue weighted by Gasteiger charge is -2.24. The van der Waals surface area contributed by atoms with E-state index in [2.05, 4.69) is 9.88 Å². The zero-order valence-corrected chi connectivity index (χ0v) is 11.3. The van der Waals surface area contributed by atoms with Gasteiger partial charge in [0.05, 0.1) is 18.9 Å². The second kappa shape index (κ2) is 8.72. The Morgan fingerprint density at radius 2 is 1.78 bits per heavy atom. The molecule has 5 heteroatoms. The minimum absolute atomic E-state index is 0.665. The first kappa shape index (κ1) is 14.7. The molecule has 102 valence electrons. The lowest BCUT2D eigenvalue weighted by Crippen LogP contribution is -2.32. The number of pyridine rings is 1. The molecule has 0 amide bonds. The summed E-state index contributed by atoms with van der Waals surface area (Å²) in [7, 11) is 0. The summed E-state index contributed by atoms with van der Waals surface area (Å²) in [5.41, 5.74) is 6.63. The molecule has 0 saturated carbocycles. The van der Waals surface area contributed by atoms with Crippen LogP contribution in [-0.4, -0.2) is 44.5 Å². The third-order valence-electron chi connectivity index (χ3n) is 2.54. The molecule has 1 aromatic heterocycles. The van der Waals surface area contributed by atoms with E-state index in [1.54, 1.807) is 6.20 Å². The second-order valence-electron chi connectivity index (χ2n) is 3.80. The Morgan fingerprint density at radius 3 is 2.28 bits per heavy atom. The smallest absolute Gasteiger partial charge is 0.151 e. The van der Waals surface area contributed by atoms with E-state index in [4.69, 9.17) is 15.2 Å². The molecule has 0 spiro atoms. The molecule has 0 aliphatic carbocycles. The van der Waals surface area contributed by atoms with Crippen LogP contribution < -0.4 is 10.6 Å². The minimum Gasteiger partial charge on any atom is -0.396 e. The van der Waals surface area contributed by atoms with Crippen molar-refractivity contribution in [3.05, 3.63) is 18.3 Å². The van der Waals surface area contributed by atoms with Gasteiger partial charge in [0.2, 0.25) is 0 Å². The highest BCUT2D eigenvalue weighted by molar-refractivity contribution is 5.62. The Hall–Kier alpha value is -1.33. The van der Waals surface area contributed by atoms with E-state index in [9.17, 15) is 0 Å². The third kappa shape index (κ3) is 4.89. The van der Waals surface area contributed by atoms with Crippen LogP contribution >= 0.6 is 0 Å². The molecular weight excluding hydrogens is 230 g/mol. The van der Waals surface area contributed by atoms with Gasteiger partial charge in [-0.3, -0.25) is 0 Å². The molecule has 0 aromatic carbocycles. The first-order valence-corrected chi connectivity index (χ1v) is 6.40. The van der Waals surface area contributed by atoms with Crippen molar-refractivity contribution >= 4 is 11.5 Å². The van der Waals surface area contributed by atoms with Crippen molar-refractivity contribution in [1.29, 1.82) is 0 Å². The van der Waals surface area contributed by atoms with Gasteiger partial charge in [-0.05, 0) is 26.0 Å². The molecule has 0 atom stereocenters. The van der Waals surface area contributed by atoms with Gasteiger partial charge in [-0.2, -0.15) is 0 Å². The van der Waals surface area contributed by atoms with E-state index < -0.39 is 0 Å². The van der Waals surface area contributed by atoms with Crippen molar-refractivity contribution in [2.24, 2.45) is 0 Å². The molecule has 0 fully saturated rings. The SMILES string of the molecule is CCOCCN(CCOCC)c1ncccc1N. The van der Waals surface area contributed by atoms with Gasteiger partial charge >= 0.3 is 0 Å². The third-order valence-corrected chi connectivity index (χ3v) is 2.54. The molecular formula is C13H23N3O2. The molecule has 1 aromatic rings. The van der Waals surface area contributed by atoms with Crippen LogP contribution in [0.3, 0.4) is 0 Å². The summed E-state index contributed by atoms with van der Waals surface area (Å²) in [5.74, 6) is 0.803. The first-order valence-electron chi connectivity index (χ1n) is 6.40. The maximum Gasteiger partial charge on any atom is 0.151 e. The van der Waals surface area contributed by atoms with Crippen LogP contribution in [0, 0.1) is 0 Å². The van der Waals surface area contributed by atoms with Gasteiger partial charge in [-0.15, -0.1) is 0 Å². The quantitative estimate of drug-likeness (QED) is 0.676. The predicted octanol–water partition coefficient (Wildman–Crippen LogP) is 1.54. The van der Waals surface area contributed by atoms with E-state index in [0.717, 1.165) is 32.1 Å². The molecule has 5 nitrogen and oxygen atoms in total. The number of hydrogen-bond donors (Lipinski definition) is 1. The van der Waals surface area contributed by atoms with Gasteiger partial charge in [0, 0.05) is 32.5 Å². The summed E-state index contributed by atoms with van der Waals surface area (Å²) >= 11 is 0. The molecule has 0 unspecified atom stereocenters. The highest BCUT2D eigenvalue weighted by Crippen LogP contribution is 2.18. The maximum atomic E-state index is 5.94. The second-order valence-corrected chi connectivity index (χ2v) is 3.80. The van der Waals surface area contributed by atoms with Crippen LogP contribution in [-0.2, 0) is 9.47 Å². The Bertz CT molecular complexity index is 324. The predicted molar refractivity (Wildman–Crippen MR) is 73.8 cm³/mol. The number of rotatable bonds is 9. The van der Waals surface area contributed by atoms with Gasteiger partial charge in [0.15, 0.2) is 5.82 Å². The maximum absolute atomic E-state index is 5.94.